The van der Waals surface area contributed by atoms with Gasteiger partial charge in [0.2, 0.25) is 0 Å². The summed E-state index contributed by atoms with van der Waals surface area (Å²) >= 11 is 0. The van der Waals surface area contributed by atoms with E-state index in [1.54, 1.807) is 0 Å². The first kappa shape index (κ1) is 14.9. The number of aromatic nitrogens is 3. The van der Waals surface area contributed by atoms with Crippen molar-refractivity contribution in [3.8, 4) is 0 Å². The summed E-state index contributed by atoms with van der Waals surface area (Å²) in [6, 6.07) is 2.56. The standard InChI is InChI=1S/C12H10F4N4O/c13-10-7(2-1-3-8(10)12(14,15)16)11(21)17-5-4-9-18-6-19-20-9/h1-3,6H,4-5H2,(H,17,21)(H,18,19,20). The lowest BCUT2D eigenvalue weighted by atomic mass is 10.1. The summed E-state index contributed by atoms with van der Waals surface area (Å²) in [5.74, 6) is -2.00. The second-order valence-corrected chi connectivity index (χ2v) is 4.10. The number of rotatable bonds is 4. The Balaban J connectivity index is 2.05. The monoisotopic (exact) mass is 302 g/mol. The summed E-state index contributed by atoms with van der Waals surface area (Å²) in [6.07, 6.45) is -3.27. The van der Waals surface area contributed by atoms with Gasteiger partial charge in [-0.25, -0.2) is 9.37 Å². The van der Waals surface area contributed by atoms with Crippen LogP contribution in [0.1, 0.15) is 21.7 Å². The lowest BCUT2D eigenvalue weighted by molar-refractivity contribution is -0.140. The number of benzene rings is 1. The SMILES string of the molecule is O=C(NCCc1ncn[nH]1)c1cccc(C(F)(F)F)c1F. The van der Waals surface area contributed by atoms with E-state index in [1.807, 2.05) is 0 Å². The Morgan fingerprint density at radius 1 is 1.33 bits per heavy atom. The number of hydrogen-bond acceptors (Lipinski definition) is 3. The molecule has 0 spiro atoms. The first-order chi connectivity index (χ1) is 9.89. The van der Waals surface area contributed by atoms with Gasteiger partial charge in [0.1, 0.15) is 18.0 Å². The normalized spacial score (nSPS) is 11.4. The maximum absolute atomic E-state index is 13.7. The van der Waals surface area contributed by atoms with Gasteiger partial charge in [-0.1, -0.05) is 6.07 Å². The Morgan fingerprint density at radius 3 is 2.71 bits per heavy atom. The van der Waals surface area contributed by atoms with Gasteiger partial charge in [-0.05, 0) is 12.1 Å². The molecule has 1 amide bonds. The molecule has 0 radical (unpaired) electrons. The first-order valence-corrected chi connectivity index (χ1v) is 5.87. The van der Waals surface area contributed by atoms with Crippen molar-refractivity contribution in [1.29, 1.82) is 0 Å². The molecule has 0 aliphatic carbocycles. The van der Waals surface area contributed by atoms with Crippen LogP contribution in [-0.4, -0.2) is 27.6 Å². The van der Waals surface area contributed by atoms with E-state index in [1.165, 1.54) is 6.33 Å². The van der Waals surface area contributed by atoms with Crippen LogP contribution < -0.4 is 5.32 Å². The molecule has 2 rings (SSSR count). The molecule has 0 saturated heterocycles. The molecular weight excluding hydrogens is 292 g/mol. The number of H-pyrrole nitrogens is 1. The van der Waals surface area contributed by atoms with Crippen LogP contribution in [0.2, 0.25) is 0 Å². The molecule has 112 valence electrons. The molecule has 1 aromatic carbocycles. The van der Waals surface area contributed by atoms with Gasteiger partial charge in [0.25, 0.3) is 5.91 Å². The fraction of sp³-hybridized carbons (Fsp3) is 0.250. The second kappa shape index (κ2) is 5.90. The average Bonchev–Trinajstić information content (AvgIpc) is 2.90. The molecule has 5 nitrogen and oxygen atoms in total. The highest BCUT2D eigenvalue weighted by Crippen LogP contribution is 2.32. The van der Waals surface area contributed by atoms with Crippen LogP contribution in [0.15, 0.2) is 24.5 Å². The Labute approximate surface area is 116 Å². The summed E-state index contributed by atoms with van der Waals surface area (Å²) in [4.78, 5) is 15.5. The third-order valence-electron chi connectivity index (χ3n) is 2.66. The van der Waals surface area contributed by atoms with E-state index in [2.05, 4.69) is 20.5 Å². The highest BCUT2D eigenvalue weighted by molar-refractivity contribution is 5.94. The quantitative estimate of drug-likeness (QED) is 0.848. The van der Waals surface area contributed by atoms with Crippen molar-refractivity contribution in [1.82, 2.24) is 20.5 Å². The number of hydrogen-bond donors (Lipinski definition) is 2. The van der Waals surface area contributed by atoms with E-state index >= 15 is 0 Å². The second-order valence-electron chi connectivity index (χ2n) is 4.10. The number of aromatic amines is 1. The van der Waals surface area contributed by atoms with Gasteiger partial charge in [0, 0.05) is 13.0 Å². The third-order valence-corrected chi connectivity index (χ3v) is 2.66. The van der Waals surface area contributed by atoms with E-state index in [-0.39, 0.29) is 6.54 Å². The Bertz CT molecular complexity index is 625. The molecule has 1 aromatic heterocycles. The van der Waals surface area contributed by atoms with Gasteiger partial charge >= 0.3 is 6.18 Å². The van der Waals surface area contributed by atoms with Crippen molar-refractivity contribution in [3.05, 3.63) is 47.3 Å². The van der Waals surface area contributed by atoms with E-state index in [0.717, 1.165) is 12.1 Å². The minimum Gasteiger partial charge on any atom is -0.351 e. The fourth-order valence-electron chi connectivity index (χ4n) is 1.67. The van der Waals surface area contributed by atoms with Crippen LogP contribution in [0, 0.1) is 5.82 Å². The van der Waals surface area contributed by atoms with Gasteiger partial charge in [-0.15, -0.1) is 0 Å². The highest BCUT2D eigenvalue weighted by atomic mass is 19.4. The zero-order valence-electron chi connectivity index (χ0n) is 10.5. The topological polar surface area (TPSA) is 70.7 Å². The van der Waals surface area contributed by atoms with Gasteiger partial charge in [-0.2, -0.15) is 18.3 Å². The molecule has 1 heterocycles. The van der Waals surface area contributed by atoms with Crippen LogP contribution in [-0.2, 0) is 12.6 Å². The Hall–Kier alpha value is -2.45. The van der Waals surface area contributed by atoms with E-state index < -0.39 is 29.0 Å². The largest absolute Gasteiger partial charge is 0.419 e. The van der Waals surface area contributed by atoms with Crippen LogP contribution in [0.4, 0.5) is 17.6 Å². The molecule has 2 N–H and O–H groups in total. The number of alkyl halides is 3. The average molecular weight is 302 g/mol. The minimum atomic E-state index is -4.85. The van der Waals surface area contributed by atoms with Crippen molar-refractivity contribution >= 4 is 5.91 Å². The van der Waals surface area contributed by atoms with E-state index in [9.17, 15) is 22.4 Å². The number of nitrogens with one attached hydrogen (secondary N) is 2. The van der Waals surface area contributed by atoms with Crippen molar-refractivity contribution in [2.45, 2.75) is 12.6 Å². The van der Waals surface area contributed by atoms with E-state index in [4.69, 9.17) is 0 Å². The molecule has 0 unspecified atom stereocenters. The third kappa shape index (κ3) is 3.56. The van der Waals surface area contributed by atoms with Gasteiger partial charge in [0.05, 0.1) is 11.1 Å². The van der Waals surface area contributed by atoms with Crippen molar-refractivity contribution < 1.29 is 22.4 Å². The maximum atomic E-state index is 13.7. The number of amides is 1. The van der Waals surface area contributed by atoms with Gasteiger partial charge in [-0.3, -0.25) is 9.89 Å². The zero-order valence-corrected chi connectivity index (χ0v) is 10.5. The van der Waals surface area contributed by atoms with Crippen molar-refractivity contribution in [2.24, 2.45) is 0 Å². The first-order valence-electron chi connectivity index (χ1n) is 5.87. The molecule has 2 aromatic rings. The van der Waals surface area contributed by atoms with E-state index in [0.29, 0.717) is 18.3 Å². The minimum absolute atomic E-state index is 0.0870. The molecule has 0 saturated carbocycles. The highest BCUT2D eigenvalue weighted by Gasteiger charge is 2.35. The van der Waals surface area contributed by atoms with Crippen LogP contribution in [0.3, 0.4) is 0 Å². The lowest BCUT2D eigenvalue weighted by Crippen LogP contribution is -2.27. The van der Waals surface area contributed by atoms with Crippen molar-refractivity contribution in [3.63, 3.8) is 0 Å². The Morgan fingerprint density at radius 2 is 2.10 bits per heavy atom. The van der Waals surface area contributed by atoms with Crippen LogP contribution in [0.25, 0.3) is 0 Å². The maximum Gasteiger partial charge on any atom is 0.419 e. The number of carbonyl (C=O) groups excluding carboxylic acids is 1. The number of carbonyl (C=O) groups is 1. The van der Waals surface area contributed by atoms with Gasteiger partial charge in [0.15, 0.2) is 0 Å². The number of nitrogens with zero attached hydrogens (tertiary/aromatic N) is 2. The molecule has 21 heavy (non-hydrogen) atoms. The fourth-order valence-corrected chi connectivity index (χ4v) is 1.67. The predicted octanol–water partition coefficient (Wildman–Crippen LogP) is 1.94. The summed E-state index contributed by atoms with van der Waals surface area (Å²) < 4.78 is 51.3. The Kier molecular flexibility index (Phi) is 4.20. The molecule has 0 aliphatic rings. The predicted molar refractivity (Wildman–Crippen MR) is 63.8 cm³/mol. The smallest absolute Gasteiger partial charge is 0.351 e. The molecule has 0 aliphatic heterocycles. The summed E-state index contributed by atoms with van der Waals surface area (Å²) in [5.41, 5.74) is -2.12. The lowest BCUT2D eigenvalue weighted by Gasteiger charge is -2.11. The zero-order chi connectivity index (χ0) is 15.5. The van der Waals surface area contributed by atoms with Crippen molar-refractivity contribution in [2.75, 3.05) is 6.54 Å². The number of halogens is 4. The molecule has 9 heteroatoms. The molecule has 0 fully saturated rings. The summed E-state index contributed by atoms with van der Waals surface area (Å²) in [6.45, 7) is 0.0870. The summed E-state index contributed by atoms with van der Waals surface area (Å²) in [5, 5.41) is 8.48. The molecule has 0 atom stereocenters. The van der Waals surface area contributed by atoms with Crippen LogP contribution in [0.5, 0.6) is 0 Å². The summed E-state index contributed by atoms with van der Waals surface area (Å²) in [7, 11) is 0. The van der Waals surface area contributed by atoms with Crippen LogP contribution >= 0.6 is 0 Å². The molecule has 0 bridgehead atoms. The van der Waals surface area contributed by atoms with Gasteiger partial charge < -0.3 is 5.32 Å². The molecular formula is C12H10F4N4O.